The van der Waals surface area contributed by atoms with Crippen LogP contribution in [0.15, 0.2) is 51.4 Å². The van der Waals surface area contributed by atoms with Crippen molar-refractivity contribution in [3.8, 4) is 0 Å². The van der Waals surface area contributed by atoms with Crippen LogP contribution in [0.5, 0.6) is 0 Å². The lowest BCUT2D eigenvalue weighted by Crippen LogP contribution is -2.17. The van der Waals surface area contributed by atoms with Crippen LogP contribution in [0.3, 0.4) is 0 Å². The lowest BCUT2D eigenvalue weighted by atomic mass is 10.2. The van der Waals surface area contributed by atoms with Gasteiger partial charge in [0, 0.05) is 17.6 Å². The van der Waals surface area contributed by atoms with Crippen LogP contribution in [0.1, 0.15) is 11.1 Å². The fraction of sp³-hybridized carbons (Fsp3) is 0.200. The van der Waals surface area contributed by atoms with E-state index in [9.17, 15) is 4.39 Å². The highest BCUT2D eigenvalue weighted by Crippen LogP contribution is 2.20. The second kappa shape index (κ2) is 6.64. The van der Waals surface area contributed by atoms with Gasteiger partial charge in [0.2, 0.25) is 0 Å². The molecule has 0 saturated heterocycles. The number of hydrogen-bond donors (Lipinski definition) is 0. The van der Waals surface area contributed by atoms with Crippen LogP contribution >= 0.6 is 31.9 Å². The second-order valence-electron chi connectivity index (χ2n) is 4.51. The van der Waals surface area contributed by atoms with E-state index in [-0.39, 0.29) is 5.82 Å². The number of nitrogens with zero attached hydrogens (tertiary/aromatic N) is 1. The van der Waals surface area contributed by atoms with Crippen molar-refractivity contribution in [2.75, 3.05) is 7.05 Å². The standard InChI is InChI=1S/C15H14Br2FN/c1-19(10-12-4-2-3-5-13(12)16)9-11-6-7-15(18)14(17)8-11/h2-8H,9-10H2,1H3. The van der Waals surface area contributed by atoms with Gasteiger partial charge in [-0.25, -0.2) is 4.39 Å². The van der Waals surface area contributed by atoms with E-state index >= 15 is 0 Å². The van der Waals surface area contributed by atoms with Gasteiger partial charge in [0.15, 0.2) is 0 Å². The van der Waals surface area contributed by atoms with Gasteiger partial charge in [0.25, 0.3) is 0 Å². The minimum atomic E-state index is -0.225. The van der Waals surface area contributed by atoms with E-state index in [0.717, 1.165) is 23.1 Å². The van der Waals surface area contributed by atoms with Crippen LogP contribution in [-0.4, -0.2) is 11.9 Å². The fourth-order valence-electron chi connectivity index (χ4n) is 1.92. The molecule has 0 fully saturated rings. The van der Waals surface area contributed by atoms with E-state index in [2.05, 4.69) is 49.9 Å². The normalized spacial score (nSPS) is 11.0. The topological polar surface area (TPSA) is 3.24 Å². The molecule has 0 aromatic heterocycles. The van der Waals surface area contributed by atoms with Crippen molar-refractivity contribution in [3.05, 3.63) is 68.4 Å². The first-order valence-corrected chi connectivity index (χ1v) is 7.51. The van der Waals surface area contributed by atoms with E-state index in [1.807, 2.05) is 30.3 Å². The van der Waals surface area contributed by atoms with E-state index in [4.69, 9.17) is 0 Å². The predicted octanol–water partition coefficient (Wildman–Crippen LogP) is 4.98. The van der Waals surface area contributed by atoms with Crippen molar-refractivity contribution in [1.82, 2.24) is 4.90 Å². The fourth-order valence-corrected chi connectivity index (χ4v) is 2.76. The Balaban J connectivity index is 2.03. The maximum atomic E-state index is 13.2. The lowest BCUT2D eigenvalue weighted by Gasteiger charge is -2.18. The Morgan fingerprint density at radius 1 is 1.00 bits per heavy atom. The first-order valence-electron chi connectivity index (χ1n) is 5.92. The van der Waals surface area contributed by atoms with Gasteiger partial charge in [-0.3, -0.25) is 4.90 Å². The number of hydrogen-bond acceptors (Lipinski definition) is 1. The highest BCUT2D eigenvalue weighted by Gasteiger charge is 2.06. The molecule has 2 aromatic carbocycles. The largest absolute Gasteiger partial charge is 0.298 e. The van der Waals surface area contributed by atoms with E-state index in [0.29, 0.717) is 4.47 Å². The molecule has 19 heavy (non-hydrogen) atoms. The molecule has 4 heteroatoms. The molecule has 0 aliphatic rings. The molecule has 0 bridgehead atoms. The average molecular weight is 387 g/mol. The molecule has 0 spiro atoms. The molecule has 2 rings (SSSR count). The predicted molar refractivity (Wildman–Crippen MR) is 83.4 cm³/mol. The SMILES string of the molecule is CN(Cc1ccc(F)c(Br)c1)Cc1ccccc1Br. The average Bonchev–Trinajstić information content (AvgIpc) is 2.37. The van der Waals surface area contributed by atoms with Crippen molar-refractivity contribution in [2.24, 2.45) is 0 Å². The minimum Gasteiger partial charge on any atom is -0.298 e. The summed E-state index contributed by atoms with van der Waals surface area (Å²) in [6, 6.07) is 13.3. The van der Waals surface area contributed by atoms with Crippen molar-refractivity contribution >= 4 is 31.9 Å². The number of benzene rings is 2. The zero-order valence-electron chi connectivity index (χ0n) is 10.5. The second-order valence-corrected chi connectivity index (χ2v) is 6.22. The highest BCUT2D eigenvalue weighted by molar-refractivity contribution is 9.10. The Morgan fingerprint density at radius 3 is 2.42 bits per heavy atom. The van der Waals surface area contributed by atoms with E-state index in [1.165, 1.54) is 11.6 Å². The summed E-state index contributed by atoms with van der Waals surface area (Å²) in [7, 11) is 2.05. The minimum absolute atomic E-state index is 0.225. The zero-order valence-corrected chi connectivity index (χ0v) is 13.7. The molecule has 0 radical (unpaired) electrons. The highest BCUT2D eigenvalue weighted by atomic mass is 79.9. The van der Waals surface area contributed by atoms with Crippen LogP contribution in [0.25, 0.3) is 0 Å². The van der Waals surface area contributed by atoms with Gasteiger partial charge in [-0.2, -0.15) is 0 Å². The van der Waals surface area contributed by atoms with Gasteiger partial charge >= 0.3 is 0 Å². The molecular formula is C15H14Br2FN. The molecule has 0 amide bonds. The van der Waals surface area contributed by atoms with Gasteiger partial charge in [0.05, 0.1) is 4.47 Å². The van der Waals surface area contributed by atoms with Gasteiger partial charge in [0.1, 0.15) is 5.82 Å². The van der Waals surface area contributed by atoms with Crippen molar-refractivity contribution in [3.63, 3.8) is 0 Å². The lowest BCUT2D eigenvalue weighted by molar-refractivity contribution is 0.318. The summed E-state index contributed by atoms with van der Waals surface area (Å²) >= 11 is 6.76. The molecule has 0 unspecified atom stereocenters. The van der Waals surface area contributed by atoms with Crippen molar-refractivity contribution < 1.29 is 4.39 Å². The molecule has 100 valence electrons. The third-order valence-corrected chi connectivity index (χ3v) is 4.22. The Hall–Kier alpha value is -0.710. The molecular weight excluding hydrogens is 373 g/mol. The smallest absolute Gasteiger partial charge is 0.137 e. The van der Waals surface area contributed by atoms with Crippen LogP contribution < -0.4 is 0 Å². The monoisotopic (exact) mass is 385 g/mol. The zero-order chi connectivity index (χ0) is 13.8. The van der Waals surface area contributed by atoms with Crippen LogP contribution in [0, 0.1) is 5.82 Å². The molecule has 0 N–H and O–H groups in total. The summed E-state index contributed by atoms with van der Waals surface area (Å²) in [4.78, 5) is 2.19. The van der Waals surface area contributed by atoms with Crippen molar-refractivity contribution in [2.45, 2.75) is 13.1 Å². The quantitative estimate of drug-likeness (QED) is 0.715. The Morgan fingerprint density at radius 2 is 1.74 bits per heavy atom. The molecule has 0 aliphatic heterocycles. The van der Waals surface area contributed by atoms with Crippen LogP contribution in [0.4, 0.5) is 4.39 Å². The maximum absolute atomic E-state index is 13.2. The van der Waals surface area contributed by atoms with Crippen molar-refractivity contribution in [1.29, 1.82) is 0 Å². The Bertz CT molecular complexity index is 572. The third kappa shape index (κ3) is 4.13. The van der Waals surface area contributed by atoms with Gasteiger partial charge in [-0.15, -0.1) is 0 Å². The van der Waals surface area contributed by atoms with Gasteiger partial charge in [-0.1, -0.05) is 40.2 Å². The maximum Gasteiger partial charge on any atom is 0.137 e. The van der Waals surface area contributed by atoms with E-state index in [1.54, 1.807) is 0 Å². The summed E-state index contributed by atoms with van der Waals surface area (Å²) in [6.07, 6.45) is 0. The Labute approximate surface area is 129 Å². The molecule has 0 heterocycles. The molecule has 2 aromatic rings. The molecule has 0 saturated carbocycles. The summed E-state index contributed by atoms with van der Waals surface area (Å²) < 4.78 is 14.8. The van der Waals surface area contributed by atoms with Crippen LogP contribution in [0.2, 0.25) is 0 Å². The summed E-state index contributed by atoms with van der Waals surface area (Å²) in [5, 5.41) is 0. The van der Waals surface area contributed by atoms with Gasteiger partial charge in [-0.05, 0) is 52.3 Å². The number of halogens is 3. The third-order valence-electron chi connectivity index (χ3n) is 2.83. The summed E-state index contributed by atoms with van der Waals surface area (Å²) in [6.45, 7) is 1.62. The first kappa shape index (κ1) is 14.7. The first-order chi connectivity index (χ1) is 9.06. The van der Waals surface area contributed by atoms with Gasteiger partial charge < -0.3 is 0 Å². The summed E-state index contributed by atoms with van der Waals surface area (Å²) in [5.41, 5.74) is 2.33. The summed E-state index contributed by atoms with van der Waals surface area (Å²) in [5.74, 6) is -0.225. The molecule has 1 nitrogen and oxygen atoms in total. The van der Waals surface area contributed by atoms with E-state index < -0.39 is 0 Å². The Kier molecular flexibility index (Phi) is 5.13. The number of rotatable bonds is 4. The molecule has 0 atom stereocenters. The van der Waals surface area contributed by atoms with Crippen LogP contribution in [-0.2, 0) is 13.1 Å². The molecule has 0 aliphatic carbocycles.